The summed E-state index contributed by atoms with van der Waals surface area (Å²) in [5.41, 5.74) is 0. The molecule has 1 fully saturated rings. The molecule has 1 nitrogen and oxygen atoms in total. The van der Waals surface area contributed by atoms with Crippen molar-refractivity contribution in [3.8, 4) is 0 Å². The van der Waals surface area contributed by atoms with Gasteiger partial charge >= 0.3 is 0 Å². The molecule has 0 bridgehead atoms. The highest BCUT2D eigenvalue weighted by Crippen LogP contribution is 2.34. The SMILES string of the molecule is CCCCCNCSC1CCCCC1CC. The largest absolute Gasteiger partial charge is 0.308 e. The third kappa shape index (κ3) is 5.58. The van der Waals surface area contributed by atoms with E-state index in [1.54, 1.807) is 0 Å². The summed E-state index contributed by atoms with van der Waals surface area (Å²) in [6.45, 7) is 5.84. The molecule has 1 aliphatic rings. The highest BCUT2D eigenvalue weighted by molar-refractivity contribution is 7.99. The molecule has 2 unspecified atom stereocenters. The normalized spacial score (nSPS) is 25.9. The van der Waals surface area contributed by atoms with Gasteiger partial charge in [-0.25, -0.2) is 0 Å². The Morgan fingerprint density at radius 1 is 1.12 bits per heavy atom. The summed E-state index contributed by atoms with van der Waals surface area (Å²) in [5.74, 6) is 2.17. The molecule has 16 heavy (non-hydrogen) atoms. The van der Waals surface area contributed by atoms with Crippen LogP contribution in [-0.2, 0) is 0 Å². The number of nitrogens with one attached hydrogen (secondary N) is 1. The summed E-state index contributed by atoms with van der Waals surface area (Å²) in [7, 11) is 0. The molecule has 0 radical (unpaired) electrons. The van der Waals surface area contributed by atoms with Gasteiger partial charge in [-0.05, 0) is 31.7 Å². The minimum atomic E-state index is 0.942. The van der Waals surface area contributed by atoms with E-state index in [1.165, 1.54) is 63.8 Å². The summed E-state index contributed by atoms with van der Waals surface area (Å²) in [6.07, 6.45) is 11.3. The maximum Gasteiger partial charge on any atom is 0.0420 e. The Labute approximate surface area is 106 Å². The summed E-state index contributed by atoms with van der Waals surface area (Å²) < 4.78 is 0. The van der Waals surface area contributed by atoms with Crippen molar-refractivity contribution in [3.63, 3.8) is 0 Å². The summed E-state index contributed by atoms with van der Waals surface area (Å²) in [5, 5.41) is 4.52. The van der Waals surface area contributed by atoms with Gasteiger partial charge in [-0.2, -0.15) is 0 Å². The lowest BCUT2D eigenvalue weighted by molar-refractivity contribution is 0.361. The molecule has 1 aliphatic carbocycles. The molecule has 0 aromatic rings. The molecule has 2 heteroatoms. The van der Waals surface area contributed by atoms with Crippen LogP contribution in [0.4, 0.5) is 0 Å². The van der Waals surface area contributed by atoms with E-state index < -0.39 is 0 Å². The standard InChI is InChI=1S/C14H29NS/c1-3-5-8-11-15-12-16-14-10-7-6-9-13(14)4-2/h13-15H,3-12H2,1-2H3. The van der Waals surface area contributed by atoms with Gasteiger partial charge in [0.15, 0.2) is 0 Å². The van der Waals surface area contributed by atoms with E-state index in [9.17, 15) is 0 Å². The zero-order valence-electron chi connectivity index (χ0n) is 11.1. The molecule has 0 aromatic carbocycles. The molecular formula is C14H29NS. The van der Waals surface area contributed by atoms with E-state index in [2.05, 4.69) is 30.9 Å². The number of hydrogen-bond acceptors (Lipinski definition) is 2. The third-order valence-electron chi connectivity index (χ3n) is 3.72. The quantitative estimate of drug-likeness (QED) is 0.500. The van der Waals surface area contributed by atoms with E-state index >= 15 is 0 Å². The summed E-state index contributed by atoms with van der Waals surface area (Å²) in [4.78, 5) is 0. The Balaban J connectivity index is 2.02. The third-order valence-corrected chi connectivity index (χ3v) is 5.14. The van der Waals surface area contributed by atoms with Crippen molar-refractivity contribution in [2.24, 2.45) is 5.92 Å². The molecule has 2 atom stereocenters. The van der Waals surface area contributed by atoms with Gasteiger partial charge in [0.2, 0.25) is 0 Å². The first-order valence-corrected chi connectivity index (χ1v) is 8.25. The maximum absolute atomic E-state index is 3.58. The van der Waals surface area contributed by atoms with Crippen LogP contribution in [0, 0.1) is 5.92 Å². The first-order chi connectivity index (χ1) is 7.88. The fraction of sp³-hybridized carbons (Fsp3) is 1.00. The molecule has 1 saturated carbocycles. The summed E-state index contributed by atoms with van der Waals surface area (Å²) >= 11 is 2.18. The molecule has 1 rings (SSSR count). The second kappa shape index (κ2) is 9.35. The smallest absolute Gasteiger partial charge is 0.0420 e. The number of unbranched alkanes of at least 4 members (excludes halogenated alkanes) is 2. The van der Waals surface area contributed by atoms with Gasteiger partial charge in [0.25, 0.3) is 0 Å². The van der Waals surface area contributed by atoms with Gasteiger partial charge in [0.05, 0.1) is 0 Å². The predicted molar refractivity (Wildman–Crippen MR) is 76.0 cm³/mol. The van der Waals surface area contributed by atoms with Crippen LogP contribution in [0.5, 0.6) is 0 Å². The number of rotatable bonds is 8. The fourth-order valence-corrected chi connectivity index (χ4v) is 4.01. The first kappa shape index (κ1) is 14.4. The maximum atomic E-state index is 3.58. The minimum Gasteiger partial charge on any atom is -0.308 e. The Morgan fingerprint density at radius 3 is 2.69 bits per heavy atom. The highest BCUT2D eigenvalue weighted by Gasteiger charge is 2.23. The van der Waals surface area contributed by atoms with Gasteiger partial charge in [-0.3, -0.25) is 0 Å². The van der Waals surface area contributed by atoms with E-state index in [4.69, 9.17) is 0 Å². The lowest BCUT2D eigenvalue weighted by Gasteiger charge is -2.30. The van der Waals surface area contributed by atoms with Crippen LogP contribution < -0.4 is 5.32 Å². The van der Waals surface area contributed by atoms with Crippen molar-refractivity contribution in [2.45, 2.75) is 70.5 Å². The second-order valence-corrected chi connectivity index (χ2v) is 6.24. The van der Waals surface area contributed by atoms with Crippen LogP contribution in [0.3, 0.4) is 0 Å². The minimum absolute atomic E-state index is 0.942. The Bertz CT molecular complexity index is 161. The van der Waals surface area contributed by atoms with Crippen LogP contribution in [0.15, 0.2) is 0 Å². The molecule has 0 amide bonds. The van der Waals surface area contributed by atoms with Crippen LogP contribution in [-0.4, -0.2) is 17.7 Å². The fourth-order valence-electron chi connectivity index (χ4n) is 2.60. The monoisotopic (exact) mass is 243 g/mol. The van der Waals surface area contributed by atoms with Gasteiger partial charge in [0.1, 0.15) is 0 Å². The van der Waals surface area contributed by atoms with Gasteiger partial charge in [0, 0.05) is 11.1 Å². The van der Waals surface area contributed by atoms with Gasteiger partial charge in [-0.15, -0.1) is 11.8 Å². The van der Waals surface area contributed by atoms with Crippen molar-refractivity contribution < 1.29 is 0 Å². The van der Waals surface area contributed by atoms with Crippen molar-refractivity contribution in [1.29, 1.82) is 0 Å². The number of thioether (sulfide) groups is 1. The molecule has 0 aliphatic heterocycles. The highest BCUT2D eigenvalue weighted by atomic mass is 32.2. The van der Waals surface area contributed by atoms with Crippen molar-refractivity contribution in [3.05, 3.63) is 0 Å². The van der Waals surface area contributed by atoms with E-state index in [-0.39, 0.29) is 0 Å². The van der Waals surface area contributed by atoms with Gasteiger partial charge < -0.3 is 5.32 Å². The Hall–Kier alpha value is 0.310. The van der Waals surface area contributed by atoms with Crippen molar-refractivity contribution in [2.75, 3.05) is 12.4 Å². The molecular weight excluding hydrogens is 214 g/mol. The molecule has 96 valence electrons. The molecule has 1 N–H and O–H groups in total. The van der Waals surface area contributed by atoms with Crippen LogP contribution in [0.1, 0.15) is 65.2 Å². The topological polar surface area (TPSA) is 12.0 Å². The average molecular weight is 243 g/mol. The van der Waals surface area contributed by atoms with E-state index in [0.29, 0.717) is 0 Å². The lowest BCUT2D eigenvalue weighted by Crippen LogP contribution is -2.24. The molecule has 0 aromatic heterocycles. The number of hydrogen-bond donors (Lipinski definition) is 1. The van der Waals surface area contributed by atoms with Gasteiger partial charge in [-0.1, -0.05) is 46.0 Å². The van der Waals surface area contributed by atoms with Crippen LogP contribution in [0.25, 0.3) is 0 Å². The lowest BCUT2D eigenvalue weighted by atomic mass is 9.87. The van der Waals surface area contributed by atoms with E-state index in [1.807, 2.05) is 0 Å². The van der Waals surface area contributed by atoms with Crippen molar-refractivity contribution in [1.82, 2.24) is 5.32 Å². The zero-order valence-corrected chi connectivity index (χ0v) is 12.0. The Morgan fingerprint density at radius 2 is 1.94 bits per heavy atom. The zero-order chi connectivity index (χ0) is 11.6. The second-order valence-electron chi connectivity index (χ2n) is 5.01. The van der Waals surface area contributed by atoms with E-state index in [0.717, 1.165) is 11.2 Å². The molecule has 0 heterocycles. The first-order valence-electron chi connectivity index (χ1n) is 7.20. The summed E-state index contributed by atoms with van der Waals surface area (Å²) in [6, 6.07) is 0. The Kier molecular flexibility index (Phi) is 8.40. The average Bonchev–Trinajstić information content (AvgIpc) is 2.34. The predicted octanol–water partition coefficient (Wildman–Crippen LogP) is 4.43. The van der Waals surface area contributed by atoms with Crippen molar-refractivity contribution >= 4 is 11.8 Å². The van der Waals surface area contributed by atoms with Crippen LogP contribution >= 0.6 is 11.8 Å². The molecule has 0 saturated heterocycles. The molecule has 0 spiro atoms. The van der Waals surface area contributed by atoms with Crippen LogP contribution in [0.2, 0.25) is 0 Å².